The molecule has 0 spiro atoms. The number of carbonyl (C=O) groups is 1. The molecule has 0 fully saturated rings. The first-order chi connectivity index (χ1) is 9.61. The van der Waals surface area contributed by atoms with Crippen LogP contribution in [0.2, 0.25) is 0 Å². The molecule has 0 aliphatic rings. The number of esters is 1. The monoisotopic (exact) mass is 288 g/mol. The minimum absolute atomic E-state index is 0.149. The summed E-state index contributed by atoms with van der Waals surface area (Å²) in [5.74, 6) is -0.341. The van der Waals surface area contributed by atoms with E-state index in [1.54, 1.807) is 24.3 Å². The van der Waals surface area contributed by atoms with Crippen molar-refractivity contribution in [3.05, 3.63) is 46.1 Å². The summed E-state index contributed by atoms with van der Waals surface area (Å²) in [5, 5.41) is 3.45. The number of aryl methyl sites for hydroxylation is 1. The van der Waals surface area contributed by atoms with Gasteiger partial charge >= 0.3 is 5.97 Å². The van der Waals surface area contributed by atoms with Crippen molar-refractivity contribution in [2.24, 2.45) is 0 Å². The standard InChI is InChI=1S/C14H12N2O3S/c1-8-7-20-13(16-8)6-18-14(17)12-5-9-4-10(15)2-3-11(9)19-12/h2-5,7H,6,15H2,1H3. The highest BCUT2D eigenvalue weighted by Crippen LogP contribution is 2.22. The third kappa shape index (κ3) is 2.50. The quantitative estimate of drug-likeness (QED) is 0.591. The van der Waals surface area contributed by atoms with Gasteiger partial charge in [0.25, 0.3) is 0 Å². The molecule has 0 saturated carbocycles. The van der Waals surface area contributed by atoms with E-state index in [0.717, 1.165) is 16.1 Å². The van der Waals surface area contributed by atoms with E-state index in [-0.39, 0.29) is 12.4 Å². The molecule has 2 aromatic heterocycles. The molecule has 6 heteroatoms. The van der Waals surface area contributed by atoms with Crippen molar-refractivity contribution in [1.29, 1.82) is 0 Å². The number of thiazole rings is 1. The number of nitrogens with two attached hydrogens (primary N) is 1. The van der Waals surface area contributed by atoms with Crippen LogP contribution in [0.5, 0.6) is 0 Å². The number of ether oxygens (including phenoxy) is 1. The first kappa shape index (κ1) is 12.7. The van der Waals surface area contributed by atoms with Crippen LogP contribution in [0.1, 0.15) is 21.3 Å². The fourth-order valence-corrected chi connectivity index (χ4v) is 2.51. The summed E-state index contributed by atoms with van der Waals surface area (Å²) < 4.78 is 10.6. The van der Waals surface area contributed by atoms with Crippen molar-refractivity contribution < 1.29 is 13.9 Å². The number of nitrogen functional groups attached to an aromatic ring is 1. The lowest BCUT2D eigenvalue weighted by Crippen LogP contribution is -2.03. The lowest BCUT2D eigenvalue weighted by Gasteiger charge is -1.98. The smallest absolute Gasteiger partial charge is 0.374 e. The van der Waals surface area contributed by atoms with Crippen molar-refractivity contribution in [1.82, 2.24) is 4.98 Å². The second-order valence-electron chi connectivity index (χ2n) is 4.37. The van der Waals surface area contributed by atoms with E-state index in [0.29, 0.717) is 11.3 Å². The molecule has 0 amide bonds. The molecule has 1 aromatic carbocycles. The number of carbonyl (C=O) groups excluding carboxylic acids is 1. The molecular weight excluding hydrogens is 276 g/mol. The topological polar surface area (TPSA) is 78.4 Å². The van der Waals surface area contributed by atoms with Gasteiger partial charge in [0.1, 0.15) is 17.2 Å². The zero-order valence-electron chi connectivity index (χ0n) is 10.8. The maximum Gasteiger partial charge on any atom is 0.374 e. The van der Waals surface area contributed by atoms with Gasteiger partial charge in [0.2, 0.25) is 5.76 Å². The molecule has 2 N–H and O–H groups in total. The molecule has 3 rings (SSSR count). The van der Waals surface area contributed by atoms with Crippen LogP contribution in [-0.4, -0.2) is 11.0 Å². The Bertz CT molecular complexity index is 776. The van der Waals surface area contributed by atoms with Gasteiger partial charge in [0.15, 0.2) is 0 Å². The van der Waals surface area contributed by atoms with Crippen LogP contribution >= 0.6 is 11.3 Å². The fraction of sp³-hybridized carbons (Fsp3) is 0.143. The zero-order chi connectivity index (χ0) is 14.1. The predicted molar refractivity (Wildman–Crippen MR) is 76.6 cm³/mol. The van der Waals surface area contributed by atoms with E-state index in [1.165, 1.54) is 11.3 Å². The predicted octanol–water partition coefficient (Wildman–Crippen LogP) is 3.14. The lowest BCUT2D eigenvalue weighted by molar-refractivity contribution is 0.0438. The summed E-state index contributed by atoms with van der Waals surface area (Å²) in [6.07, 6.45) is 0. The number of furan rings is 1. The van der Waals surface area contributed by atoms with Crippen LogP contribution < -0.4 is 5.73 Å². The van der Waals surface area contributed by atoms with Gasteiger partial charge < -0.3 is 14.9 Å². The first-order valence-corrected chi connectivity index (χ1v) is 6.87. The van der Waals surface area contributed by atoms with E-state index < -0.39 is 5.97 Å². The van der Waals surface area contributed by atoms with Crippen molar-refractivity contribution in [3.63, 3.8) is 0 Å². The van der Waals surface area contributed by atoms with Crippen LogP contribution in [0.3, 0.4) is 0 Å². The third-order valence-electron chi connectivity index (χ3n) is 2.73. The zero-order valence-corrected chi connectivity index (χ0v) is 11.6. The Morgan fingerprint density at radius 1 is 1.45 bits per heavy atom. The van der Waals surface area contributed by atoms with E-state index in [1.807, 2.05) is 12.3 Å². The second kappa shape index (κ2) is 4.97. The second-order valence-corrected chi connectivity index (χ2v) is 5.31. The largest absolute Gasteiger partial charge is 0.452 e. The van der Waals surface area contributed by atoms with Crippen molar-refractivity contribution >= 4 is 34.0 Å². The van der Waals surface area contributed by atoms with Crippen molar-refractivity contribution in [3.8, 4) is 0 Å². The highest BCUT2D eigenvalue weighted by Gasteiger charge is 2.14. The Morgan fingerprint density at radius 3 is 3.05 bits per heavy atom. The molecular formula is C14H12N2O3S. The Labute approximate surface area is 119 Å². The summed E-state index contributed by atoms with van der Waals surface area (Å²) in [4.78, 5) is 16.1. The number of aromatic nitrogens is 1. The molecule has 0 aliphatic heterocycles. The van der Waals surface area contributed by atoms with Gasteiger partial charge in [-0.15, -0.1) is 11.3 Å². The molecule has 0 aliphatic carbocycles. The summed E-state index contributed by atoms with van der Waals surface area (Å²) in [7, 11) is 0. The number of anilines is 1. The van der Waals surface area contributed by atoms with Crippen LogP contribution in [0, 0.1) is 6.92 Å². The van der Waals surface area contributed by atoms with Gasteiger partial charge in [0.05, 0.1) is 0 Å². The normalized spacial score (nSPS) is 10.8. The van der Waals surface area contributed by atoms with Gasteiger partial charge in [-0.3, -0.25) is 0 Å². The van der Waals surface area contributed by atoms with E-state index >= 15 is 0 Å². The minimum atomic E-state index is -0.507. The van der Waals surface area contributed by atoms with Crippen LogP contribution in [-0.2, 0) is 11.3 Å². The van der Waals surface area contributed by atoms with Crippen LogP contribution in [0.15, 0.2) is 34.1 Å². The number of fused-ring (bicyclic) bond motifs is 1. The Balaban J connectivity index is 1.75. The van der Waals surface area contributed by atoms with Crippen LogP contribution in [0.25, 0.3) is 11.0 Å². The van der Waals surface area contributed by atoms with E-state index in [9.17, 15) is 4.79 Å². The Hall–Kier alpha value is -2.34. The maximum absolute atomic E-state index is 11.9. The fourth-order valence-electron chi connectivity index (χ4n) is 1.83. The molecule has 0 radical (unpaired) electrons. The molecule has 5 nitrogen and oxygen atoms in total. The molecule has 3 aromatic rings. The molecule has 2 heterocycles. The van der Waals surface area contributed by atoms with Crippen molar-refractivity contribution in [2.45, 2.75) is 13.5 Å². The van der Waals surface area contributed by atoms with E-state index in [2.05, 4.69) is 4.98 Å². The molecule has 0 saturated heterocycles. The average Bonchev–Trinajstić information content (AvgIpc) is 3.01. The van der Waals surface area contributed by atoms with Gasteiger partial charge in [-0.25, -0.2) is 9.78 Å². The van der Waals surface area contributed by atoms with Crippen molar-refractivity contribution in [2.75, 3.05) is 5.73 Å². The Morgan fingerprint density at radius 2 is 2.30 bits per heavy atom. The highest BCUT2D eigenvalue weighted by atomic mass is 32.1. The highest BCUT2D eigenvalue weighted by molar-refractivity contribution is 7.09. The maximum atomic E-state index is 11.9. The number of rotatable bonds is 3. The minimum Gasteiger partial charge on any atom is -0.452 e. The average molecular weight is 288 g/mol. The number of benzene rings is 1. The Kier molecular flexibility index (Phi) is 3.15. The number of hydrogen-bond acceptors (Lipinski definition) is 6. The van der Waals surface area contributed by atoms with E-state index in [4.69, 9.17) is 14.9 Å². The lowest BCUT2D eigenvalue weighted by atomic mass is 10.2. The SMILES string of the molecule is Cc1csc(COC(=O)c2cc3cc(N)ccc3o2)n1. The summed E-state index contributed by atoms with van der Waals surface area (Å²) in [6.45, 7) is 2.04. The first-order valence-electron chi connectivity index (χ1n) is 5.99. The molecule has 20 heavy (non-hydrogen) atoms. The van der Waals surface area contributed by atoms with Gasteiger partial charge in [-0.05, 0) is 31.2 Å². The number of hydrogen-bond donors (Lipinski definition) is 1. The molecule has 102 valence electrons. The number of nitrogens with zero attached hydrogens (tertiary/aromatic N) is 1. The van der Waals surface area contributed by atoms with Gasteiger partial charge in [0, 0.05) is 22.1 Å². The summed E-state index contributed by atoms with van der Waals surface area (Å²) in [5.41, 5.74) is 7.83. The third-order valence-corrected chi connectivity index (χ3v) is 3.68. The van der Waals surface area contributed by atoms with Gasteiger partial charge in [-0.2, -0.15) is 0 Å². The molecule has 0 unspecified atom stereocenters. The molecule has 0 bridgehead atoms. The van der Waals surface area contributed by atoms with Crippen LogP contribution in [0.4, 0.5) is 5.69 Å². The molecule has 0 atom stereocenters. The summed E-state index contributed by atoms with van der Waals surface area (Å²) >= 11 is 1.46. The van der Waals surface area contributed by atoms with Gasteiger partial charge in [-0.1, -0.05) is 0 Å². The summed E-state index contributed by atoms with van der Waals surface area (Å²) in [6, 6.07) is 6.83.